The largest absolute Gasteiger partial charge is 0.347 e. The van der Waals surface area contributed by atoms with Gasteiger partial charge in [-0.2, -0.15) is 0 Å². The fourth-order valence-corrected chi connectivity index (χ4v) is 5.71. The van der Waals surface area contributed by atoms with Gasteiger partial charge in [0.25, 0.3) is 0 Å². The molecule has 3 heterocycles. The molecule has 5 rings (SSSR count). The molecule has 3 saturated heterocycles. The Morgan fingerprint density at radius 3 is 1.39 bits per heavy atom. The lowest BCUT2D eigenvalue weighted by Gasteiger charge is -2.54. The van der Waals surface area contributed by atoms with Gasteiger partial charge < -0.3 is 9.47 Å². The highest BCUT2D eigenvalue weighted by atomic mass is 16.6. The van der Waals surface area contributed by atoms with Gasteiger partial charge in [-0.25, -0.2) is 0 Å². The van der Waals surface area contributed by atoms with E-state index in [0.29, 0.717) is 12.1 Å². The zero-order chi connectivity index (χ0) is 19.5. The quantitative estimate of drug-likeness (QED) is 0.775. The van der Waals surface area contributed by atoms with Crippen LogP contribution in [0.1, 0.15) is 51.0 Å². The second kappa shape index (κ2) is 6.39. The summed E-state index contributed by atoms with van der Waals surface area (Å²) >= 11 is 0. The highest BCUT2D eigenvalue weighted by Gasteiger charge is 2.68. The summed E-state index contributed by atoms with van der Waals surface area (Å²) in [7, 11) is 0. The van der Waals surface area contributed by atoms with Crippen LogP contribution in [0.5, 0.6) is 0 Å². The molecule has 6 atom stereocenters. The van der Waals surface area contributed by atoms with Gasteiger partial charge in [0, 0.05) is 25.2 Å². The SMILES string of the molecule is C[C@@H]1[C@H](c2ccccc2)O[C@@]2(C)N1CCN1[C@H](C)[C@H](c3ccccc3)O[C@@]12C. The normalized spacial score (nSPS) is 41.0. The highest BCUT2D eigenvalue weighted by molar-refractivity contribution is 5.25. The van der Waals surface area contributed by atoms with E-state index < -0.39 is 11.4 Å². The second-order valence-corrected chi connectivity index (χ2v) is 8.73. The van der Waals surface area contributed by atoms with Crippen LogP contribution in [-0.2, 0) is 9.47 Å². The fourth-order valence-electron chi connectivity index (χ4n) is 5.71. The molecule has 4 nitrogen and oxygen atoms in total. The van der Waals surface area contributed by atoms with Crippen molar-refractivity contribution in [3.8, 4) is 0 Å². The molecule has 0 N–H and O–H groups in total. The van der Waals surface area contributed by atoms with Gasteiger partial charge in [-0.1, -0.05) is 60.7 Å². The smallest absolute Gasteiger partial charge is 0.162 e. The Morgan fingerprint density at radius 2 is 1.04 bits per heavy atom. The van der Waals surface area contributed by atoms with E-state index in [1.807, 2.05) is 0 Å². The van der Waals surface area contributed by atoms with Gasteiger partial charge in [-0.15, -0.1) is 0 Å². The van der Waals surface area contributed by atoms with Gasteiger partial charge in [-0.3, -0.25) is 9.80 Å². The molecule has 0 spiro atoms. The second-order valence-electron chi connectivity index (χ2n) is 8.73. The van der Waals surface area contributed by atoms with E-state index in [1.54, 1.807) is 0 Å². The lowest BCUT2D eigenvalue weighted by molar-refractivity contribution is -0.285. The minimum atomic E-state index is -0.497. The summed E-state index contributed by atoms with van der Waals surface area (Å²) in [6, 6.07) is 21.8. The van der Waals surface area contributed by atoms with E-state index in [-0.39, 0.29) is 12.2 Å². The van der Waals surface area contributed by atoms with E-state index >= 15 is 0 Å². The predicted octanol–water partition coefficient (Wildman–Crippen LogP) is 4.36. The van der Waals surface area contributed by atoms with Gasteiger partial charge in [0.1, 0.15) is 12.2 Å². The third kappa shape index (κ3) is 2.38. The minimum absolute atomic E-state index is 0.0534. The molecular formula is C24H30N2O2. The summed E-state index contributed by atoms with van der Waals surface area (Å²) < 4.78 is 13.7. The van der Waals surface area contributed by atoms with Crippen LogP contribution in [0, 0.1) is 0 Å². The molecule has 0 unspecified atom stereocenters. The van der Waals surface area contributed by atoms with Crippen molar-refractivity contribution in [1.29, 1.82) is 0 Å². The highest BCUT2D eigenvalue weighted by Crippen LogP contribution is 2.55. The van der Waals surface area contributed by atoms with Crippen molar-refractivity contribution < 1.29 is 9.47 Å². The number of fused-ring (bicyclic) bond motifs is 3. The van der Waals surface area contributed by atoms with Crippen LogP contribution in [0.3, 0.4) is 0 Å². The first kappa shape index (κ1) is 18.3. The molecule has 0 bridgehead atoms. The summed E-state index contributed by atoms with van der Waals surface area (Å²) in [5.41, 5.74) is 1.49. The van der Waals surface area contributed by atoms with Gasteiger partial charge in [0.15, 0.2) is 11.4 Å². The van der Waals surface area contributed by atoms with Crippen molar-refractivity contribution in [3.63, 3.8) is 0 Å². The van der Waals surface area contributed by atoms with Gasteiger partial charge in [0.2, 0.25) is 0 Å². The molecule has 0 saturated carbocycles. The van der Waals surface area contributed by atoms with E-state index in [0.717, 1.165) is 13.1 Å². The third-order valence-corrected chi connectivity index (χ3v) is 7.37. The Balaban J connectivity index is 1.52. The zero-order valence-electron chi connectivity index (χ0n) is 17.2. The lowest BCUT2D eigenvalue weighted by atomic mass is 9.94. The first-order valence-electron chi connectivity index (χ1n) is 10.4. The number of hydrogen-bond acceptors (Lipinski definition) is 4. The summed E-state index contributed by atoms with van der Waals surface area (Å²) in [5.74, 6) is 0. The van der Waals surface area contributed by atoms with E-state index in [9.17, 15) is 0 Å². The van der Waals surface area contributed by atoms with Gasteiger partial charge in [-0.05, 0) is 38.8 Å². The Labute approximate surface area is 168 Å². The first-order valence-corrected chi connectivity index (χ1v) is 10.4. The summed E-state index contributed by atoms with van der Waals surface area (Å²) in [6.45, 7) is 11.0. The number of hydrogen-bond donors (Lipinski definition) is 0. The molecule has 0 amide bonds. The van der Waals surface area contributed by atoms with Crippen LogP contribution in [0.15, 0.2) is 60.7 Å². The van der Waals surface area contributed by atoms with E-state index in [1.165, 1.54) is 11.1 Å². The number of ether oxygens (including phenoxy) is 2. The molecule has 2 aromatic rings. The van der Waals surface area contributed by atoms with Crippen molar-refractivity contribution in [2.45, 2.75) is 63.4 Å². The van der Waals surface area contributed by atoms with E-state index in [2.05, 4.69) is 98.2 Å². The summed E-state index contributed by atoms with van der Waals surface area (Å²) in [6.07, 6.45) is 0.107. The minimum Gasteiger partial charge on any atom is -0.347 e. The Hall–Kier alpha value is -1.72. The molecule has 0 aromatic heterocycles. The molecule has 3 aliphatic heterocycles. The van der Waals surface area contributed by atoms with Crippen LogP contribution in [-0.4, -0.2) is 46.4 Å². The van der Waals surface area contributed by atoms with Gasteiger partial charge in [0.05, 0.1) is 0 Å². The van der Waals surface area contributed by atoms with Crippen molar-refractivity contribution >= 4 is 0 Å². The van der Waals surface area contributed by atoms with Crippen LogP contribution in [0.25, 0.3) is 0 Å². The molecule has 28 heavy (non-hydrogen) atoms. The van der Waals surface area contributed by atoms with Crippen LogP contribution in [0.4, 0.5) is 0 Å². The maximum atomic E-state index is 6.86. The van der Waals surface area contributed by atoms with Crippen molar-refractivity contribution in [1.82, 2.24) is 9.80 Å². The van der Waals surface area contributed by atoms with Gasteiger partial charge >= 0.3 is 0 Å². The van der Waals surface area contributed by atoms with Crippen LogP contribution < -0.4 is 0 Å². The van der Waals surface area contributed by atoms with Crippen molar-refractivity contribution in [3.05, 3.63) is 71.8 Å². The monoisotopic (exact) mass is 378 g/mol. The van der Waals surface area contributed by atoms with Crippen LogP contribution in [0.2, 0.25) is 0 Å². The van der Waals surface area contributed by atoms with Crippen molar-refractivity contribution in [2.75, 3.05) is 13.1 Å². The summed E-state index contributed by atoms with van der Waals surface area (Å²) in [4.78, 5) is 5.03. The third-order valence-electron chi connectivity index (χ3n) is 7.37. The molecule has 2 aromatic carbocycles. The summed E-state index contributed by atoms with van der Waals surface area (Å²) in [5, 5.41) is 0. The lowest BCUT2D eigenvalue weighted by Crippen LogP contribution is -2.72. The number of rotatable bonds is 2. The van der Waals surface area contributed by atoms with E-state index in [4.69, 9.17) is 9.47 Å². The molecule has 0 radical (unpaired) electrons. The van der Waals surface area contributed by atoms with Crippen molar-refractivity contribution in [2.24, 2.45) is 0 Å². The molecule has 3 fully saturated rings. The average Bonchev–Trinajstić information content (AvgIpc) is 3.15. The van der Waals surface area contributed by atoms with Crippen LogP contribution >= 0.6 is 0 Å². The standard InChI is InChI=1S/C24H30N2O2/c1-17-21(19-11-7-5-8-12-19)27-23(3)24(4)26(16-15-25(17)23)18(2)22(28-24)20-13-9-6-10-14-20/h5-14,17-18,21-22H,15-16H2,1-4H3/t17-,18-,21-,22-,23-,24-/m1/s1. The maximum absolute atomic E-state index is 6.86. The Kier molecular flexibility index (Phi) is 4.18. The molecule has 148 valence electrons. The Bertz CT molecular complexity index is 773. The zero-order valence-corrected chi connectivity index (χ0v) is 17.2. The number of piperazine rings is 1. The average molecular weight is 379 g/mol. The molecule has 3 aliphatic rings. The molecular weight excluding hydrogens is 348 g/mol. The Morgan fingerprint density at radius 1 is 0.679 bits per heavy atom. The topological polar surface area (TPSA) is 24.9 Å². The first-order chi connectivity index (χ1) is 13.5. The number of benzene rings is 2. The molecule has 0 aliphatic carbocycles. The maximum Gasteiger partial charge on any atom is 0.162 e. The fraction of sp³-hybridized carbons (Fsp3) is 0.500. The molecule has 4 heteroatoms. The number of nitrogens with zero attached hydrogens (tertiary/aromatic N) is 2. The predicted molar refractivity (Wildman–Crippen MR) is 110 cm³/mol.